The van der Waals surface area contributed by atoms with Gasteiger partial charge in [-0.1, -0.05) is 45.0 Å². The fraction of sp³-hybridized carbons (Fsp3) is 0.455. The molecule has 0 atom stereocenters. The van der Waals surface area contributed by atoms with E-state index in [9.17, 15) is 13.0 Å². The molecule has 0 heterocycles. The number of hydrogen-bond donors (Lipinski definition) is 0. The third-order valence-electron chi connectivity index (χ3n) is 2.18. The lowest BCUT2D eigenvalue weighted by Gasteiger charge is -2.19. The molecule has 0 spiro atoms. The Hall–Kier alpha value is -0.560. The van der Waals surface area contributed by atoms with E-state index >= 15 is 0 Å². The minimum Gasteiger partial charge on any atom is -0.725 e. The first-order chi connectivity index (χ1) is 7.68. The summed E-state index contributed by atoms with van der Waals surface area (Å²) in [6, 6.07) is 7.77. The van der Waals surface area contributed by atoms with Gasteiger partial charge in [0.15, 0.2) is 0 Å². The van der Waals surface area contributed by atoms with E-state index in [1.165, 1.54) is 5.56 Å². The van der Waals surface area contributed by atoms with E-state index in [2.05, 4.69) is 24.4 Å². The van der Waals surface area contributed by atoms with Crippen molar-refractivity contribution in [2.75, 3.05) is 0 Å². The average molecular weight is 275 g/mol. The Balaban J connectivity index is 2.58. The summed E-state index contributed by atoms with van der Waals surface area (Å²) in [6.07, 6.45) is 0. The minimum atomic E-state index is -4.61. The molecule has 96 valence electrons. The van der Waals surface area contributed by atoms with Gasteiger partial charge in [0.2, 0.25) is 10.4 Å². The summed E-state index contributed by atoms with van der Waals surface area (Å²) in [5, 5.41) is 0. The van der Waals surface area contributed by atoms with Crippen LogP contribution in [-0.4, -0.2) is 13.0 Å². The van der Waals surface area contributed by atoms with Gasteiger partial charge in [0, 0.05) is 17.8 Å². The topological polar surface area (TPSA) is 66.4 Å². The monoisotopic (exact) mass is 275 g/mol. The summed E-state index contributed by atoms with van der Waals surface area (Å²) in [7, 11) is -4.61. The van der Waals surface area contributed by atoms with Crippen LogP contribution in [0.1, 0.15) is 31.9 Å². The molecule has 1 aromatic rings. The second kappa shape index (κ2) is 5.39. The molecular formula is C11H15O4S2-. The Bertz CT molecular complexity index is 457. The molecule has 0 saturated heterocycles. The first-order valence-corrected chi connectivity index (χ1v) is 7.29. The smallest absolute Gasteiger partial charge is 0.228 e. The van der Waals surface area contributed by atoms with Gasteiger partial charge in [-0.15, -0.1) is 0 Å². The van der Waals surface area contributed by atoms with Crippen molar-refractivity contribution in [1.82, 2.24) is 0 Å². The maximum atomic E-state index is 10.2. The first-order valence-electron chi connectivity index (χ1n) is 5.05. The molecule has 0 radical (unpaired) electrons. The van der Waals surface area contributed by atoms with Crippen LogP contribution in [0.4, 0.5) is 0 Å². The summed E-state index contributed by atoms with van der Waals surface area (Å²) in [5.74, 6) is 0.325. The van der Waals surface area contributed by atoms with Gasteiger partial charge in [0.25, 0.3) is 0 Å². The van der Waals surface area contributed by atoms with E-state index in [0.717, 1.165) is 5.56 Å². The lowest BCUT2D eigenvalue weighted by molar-refractivity contribution is 0.391. The predicted octanol–water partition coefficient (Wildman–Crippen LogP) is 2.61. The van der Waals surface area contributed by atoms with E-state index in [0.29, 0.717) is 17.8 Å². The van der Waals surface area contributed by atoms with Crippen molar-refractivity contribution in [1.29, 1.82) is 0 Å². The van der Waals surface area contributed by atoms with Crippen LogP contribution in [0, 0.1) is 0 Å². The second-order valence-electron chi connectivity index (χ2n) is 4.69. The number of benzene rings is 1. The molecule has 0 saturated carbocycles. The van der Waals surface area contributed by atoms with Crippen molar-refractivity contribution in [2.45, 2.75) is 31.9 Å². The fourth-order valence-electron chi connectivity index (χ4n) is 1.25. The van der Waals surface area contributed by atoms with Crippen LogP contribution < -0.4 is 0 Å². The van der Waals surface area contributed by atoms with Crippen LogP contribution in [0.3, 0.4) is 0 Å². The van der Waals surface area contributed by atoms with Crippen LogP contribution in [0.5, 0.6) is 0 Å². The molecular weight excluding hydrogens is 260 g/mol. The fourth-order valence-corrected chi connectivity index (χ4v) is 2.24. The normalized spacial score (nSPS) is 12.7. The summed E-state index contributed by atoms with van der Waals surface area (Å²) in [5.41, 5.74) is 2.19. The van der Waals surface area contributed by atoms with Crippen molar-refractivity contribution < 1.29 is 16.6 Å². The Morgan fingerprint density at radius 3 is 2.18 bits per heavy atom. The number of hydrogen-bond acceptors (Lipinski definition) is 5. The van der Waals surface area contributed by atoms with Gasteiger partial charge in [0.05, 0.1) is 0 Å². The van der Waals surface area contributed by atoms with Gasteiger partial charge in [-0.2, -0.15) is 0 Å². The van der Waals surface area contributed by atoms with E-state index in [-0.39, 0.29) is 5.41 Å². The third kappa shape index (κ3) is 5.54. The largest absolute Gasteiger partial charge is 0.725 e. The van der Waals surface area contributed by atoms with E-state index < -0.39 is 10.4 Å². The Morgan fingerprint density at radius 1 is 1.24 bits per heavy atom. The van der Waals surface area contributed by atoms with Crippen LogP contribution in [0.2, 0.25) is 0 Å². The zero-order chi connectivity index (χ0) is 13.1. The highest BCUT2D eigenvalue weighted by atomic mass is 32.3. The van der Waals surface area contributed by atoms with Crippen LogP contribution in [-0.2, 0) is 25.2 Å². The molecule has 17 heavy (non-hydrogen) atoms. The summed E-state index contributed by atoms with van der Waals surface area (Å²) in [6.45, 7) is 6.34. The van der Waals surface area contributed by atoms with Gasteiger partial charge in [-0.3, -0.25) is 0 Å². The predicted molar refractivity (Wildman–Crippen MR) is 67.2 cm³/mol. The Labute approximate surface area is 107 Å². The van der Waals surface area contributed by atoms with Crippen LogP contribution in [0.15, 0.2) is 24.3 Å². The third-order valence-corrected chi connectivity index (χ3v) is 3.68. The molecule has 0 aliphatic heterocycles. The first kappa shape index (κ1) is 14.5. The van der Waals surface area contributed by atoms with Gasteiger partial charge < -0.3 is 4.55 Å². The standard InChI is InChI=1S/C11H16O4S2/c1-11(2,3)10-6-4-9(5-7-10)8-16-15-17(12,13)14/h4-7H,8H2,1-3H3,(H,12,13,14)/p-1. The lowest BCUT2D eigenvalue weighted by atomic mass is 9.87. The van der Waals surface area contributed by atoms with Gasteiger partial charge in [-0.25, -0.2) is 12.0 Å². The molecule has 0 aromatic heterocycles. The highest BCUT2D eigenvalue weighted by Crippen LogP contribution is 2.23. The molecule has 0 unspecified atom stereocenters. The number of rotatable bonds is 4. The zero-order valence-corrected chi connectivity index (χ0v) is 11.6. The lowest BCUT2D eigenvalue weighted by Crippen LogP contribution is -2.10. The van der Waals surface area contributed by atoms with Gasteiger partial charge in [-0.05, 0) is 16.5 Å². The summed E-state index contributed by atoms with van der Waals surface area (Å²) < 4.78 is 34.7. The zero-order valence-electron chi connectivity index (χ0n) is 9.97. The molecule has 0 aliphatic carbocycles. The molecule has 6 heteroatoms. The molecule has 1 aromatic carbocycles. The van der Waals surface area contributed by atoms with Crippen molar-refractivity contribution in [3.8, 4) is 0 Å². The molecule has 1 rings (SSSR count). The van der Waals surface area contributed by atoms with Crippen LogP contribution in [0.25, 0.3) is 0 Å². The maximum Gasteiger partial charge on any atom is 0.228 e. The maximum absolute atomic E-state index is 10.2. The summed E-state index contributed by atoms with van der Waals surface area (Å²) in [4.78, 5) is 0. The molecule has 0 amide bonds. The van der Waals surface area contributed by atoms with Gasteiger partial charge >= 0.3 is 0 Å². The van der Waals surface area contributed by atoms with E-state index in [4.69, 9.17) is 0 Å². The minimum absolute atomic E-state index is 0.0839. The highest BCUT2D eigenvalue weighted by Gasteiger charge is 2.12. The van der Waals surface area contributed by atoms with Crippen molar-refractivity contribution >= 4 is 22.4 Å². The molecule has 0 aliphatic rings. The van der Waals surface area contributed by atoms with Crippen molar-refractivity contribution in [2.24, 2.45) is 0 Å². The van der Waals surface area contributed by atoms with Crippen LogP contribution >= 0.6 is 12.0 Å². The molecule has 0 fully saturated rings. The van der Waals surface area contributed by atoms with Crippen molar-refractivity contribution in [3.05, 3.63) is 35.4 Å². The van der Waals surface area contributed by atoms with E-state index in [1.807, 2.05) is 24.3 Å². The van der Waals surface area contributed by atoms with E-state index in [1.54, 1.807) is 0 Å². The Morgan fingerprint density at radius 2 is 1.76 bits per heavy atom. The van der Waals surface area contributed by atoms with Gasteiger partial charge in [0.1, 0.15) is 0 Å². The van der Waals surface area contributed by atoms with Crippen molar-refractivity contribution in [3.63, 3.8) is 0 Å². The second-order valence-corrected chi connectivity index (χ2v) is 6.57. The average Bonchev–Trinajstić information content (AvgIpc) is 2.15. The SMILES string of the molecule is CC(C)(C)c1ccc(CSOS(=O)(=O)[O-])cc1. The summed E-state index contributed by atoms with van der Waals surface area (Å²) >= 11 is 0.626. The Kier molecular flexibility index (Phi) is 4.60. The quantitative estimate of drug-likeness (QED) is 0.480. The molecule has 0 bridgehead atoms. The molecule has 0 N–H and O–H groups in total. The highest BCUT2D eigenvalue weighted by molar-refractivity contribution is 8.02. The molecule has 4 nitrogen and oxygen atoms in total.